The summed E-state index contributed by atoms with van der Waals surface area (Å²) < 4.78 is 0. The Morgan fingerprint density at radius 2 is 1.90 bits per heavy atom. The average Bonchev–Trinajstić information content (AvgIpc) is 2.71. The highest BCUT2D eigenvalue weighted by Crippen LogP contribution is 2.35. The maximum Gasteiger partial charge on any atom is 0.251 e. The van der Waals surface area contributed by atoms with Gasteiger partial charge in [-0.15, -0.1) is 11.8 Å². The Kier molecular flexibility index (Phi) is 5.41. The van der Waals surface area contributed by atoms with Crippen molar-refractivity contribution < 1.29 is 4.79 Å². The maximum atomic E-state index is 12.1. The molecule has 0 bridgehead atoms. The van der Waals surface area contributed by atoms with Gasteiger partial charge in [-0.1, -0.05) is 30.3 Å². The molecule has 2 N–H and O–H groups in total. The molecule has 0 saturated heterocycles. The van der Waals surface area contributed by atoms with E-state index in [0.29, 0.717) is 17.9 Å². The summed E-state index contributed by atoms with van der Waals surface area (Å²) >= 11 is 1.62. The van der Waals surface area contributed by atoms with Crippen molar-refractivity contribution in [3.05, 3.63) is 94.2 Å². The third-order valence-electron chi connectivity index (χ3n) is 4.85. The van der Waals surface area contributed by atoms with Crippen LogP contribution in [-0.4, -0.2) is 17.4 Å². The molecule has 0 saturated carbocycles. The highest BCUT2D eigenvalue weighted by Gasteiger charge is 2.22. The Labute approximate surface area is 175 Å². The second kappa shape index (κ2) is 8.13. The molecular weight excluding hydrogens is 378 g/mol. The van der Waals surface area contributed by atoms with Crippen LogP contribution in [0.3, 0.4) is 0 Å². The van der Waals surface area contributed by atoms with Crippen LogP contribution in [0.1, 0.15) is 16.7 Å². The molecule has 1 amide bonds. The van der Waals surface area contributed by atoms with Crippen LogP contribution < -0.4 is 10.6 Å². The van der Waals surface area contributed by atoms with Crippen molar-refractivity contribution in [3.63, 3.8) is 0 Å². The lowest BCUT2D eigenvalue weighted by atomic mass is 10.1. The van der Waals surface area contributed by atoms with E-state index in [0.717, 1.165) is 27.2 Å². The highest BCUT2D eigenvalue weighted by molar-refractivity contribution is 8.02. The van der Waals surface area contributed by atoms with Gasteiger partial charge in [-0.05, 0) is 60.9 Å². The first-order chi connectivity index (χ1) is 14.0. The SMILES string of the molecule is Cc1cc(C)cc(N2CC=CC(C(N)=O)=C2SCc2cnc3ccccc3c2)c1. The van der Waals surface area contributed by atoms with Gasteiger partial charge < -0.3 is 10.6 Å². The van der Waals surface area contributed by atoms with Gasteiger partial charge in [0.25, 0.3) is 5.91 Å². The van der Waals surface area contributed by atoms with Crippen LogP contribution in [0.4, 0.5) is 5.69 Å². The number of primary amides is 1. The van der Waals surface area contributed by atoms with E-state index < -0.39 is 5.91 Å². The summed E-state index contributed by atoms with van der Waals surface area (Å²) in [5, 5.41) is 2.00. The number of hydrogen-bond donors (Lipinski definition) is 1. The summed E-state index contributed by atoms with van der Waals surface area (Å²) in [6.07, 6.45) is 5.72. The molecule has 4 rings (SSSR count). The van der Waals surface area contributed by atoms with Crippen molar-refractivity contribution >= 4 is 34.3 Å². The van der Waals surface area contributed by atoms with E-state index in [4.69, 9.17) is 5.73 Å². The zero-order valence-electron chi connectivity index (χ0n) is 16.6. The van der Waals surface area contributed by atoms with Gasteiger partial charge in [0.2, 0.25) is 0 Å². The number of amides is 1. The van der Waals surface area contributed by atoms with E-state index >= 15 is 0 Å². The zero-order chi connectivity index (χ0) is 20.4. The Morgan fingerprint density at radius 1 is 1.14 bits per heavy atom. The highest BCUT2D eigenvalue weighted by atomic mass is 32.2. The van der Waals surface area contributed by atoms with Crippen molar-refractivity contribution in [2.75, 3.05) is 11.4 Å². The van der Waals surface area contributed by atoms with Crippen LogP contribution in [0.15, 0.2) is 77.5 Å². The van der Waals surface area contributed by atoms with Crippen molar-refractivity contribution in [1.29, 1.82) is 0 Å². The number of thioether (sulfide) groups is 1. The first-order valence-electron chi connectivity index (χ1n) is 9.54. The minimum atomic E-state index is -0.408. The largest absolute Gasteiger partial charge is 0.366 e. The molecule has 0 aliphatic carbocycles. The van der Waals surface area contributed by atoms with Crippen molar-refractivity contribution in [2.24, 2.45) is 5.73 Å². The molecule has 0 unspecified atom stereocenters. The van der Waals surface area contributed by atoms with Crippen LogP contribution in [0.25, 0.3) is 10.9 Å². The number of fused-ring (bicyclic) bond motifs is 1. The molecule has 2 heterocycles. The first kappa shape index (κ1) is 19.3. The van der Waals surface area contributed by atoms with E-state index in [-0.39, 0.29) is 0 Å². The fourth-order valence-electron chi connectivity index (χ4n) is 3.60. The number of carbonyl (C=O) groups excluding carboxylic acids is 1. The number of nitrogens with two attached hydrogens (primary N) is 1. The number of carbonyl (C=O) groups is 1. The van der Waals surface area contributed by atoms with Gasteiger partial charge in [-0.25, -0.2) is 0 Å². The summed E-state index contributed by atoms with van der Waals surface area (Å²) in [6, 6.07) is 16.7. The molecule has 1 aliphatic rings. The third kappa shape index (κ3) is 4.20. The molecule has 1 aliphatic heterocycles. The van der Waals surface area contributed by atoms with Gasteiger partial charge in [0.1, 0.15) is 0 Å². The van der Waals surface area contributed by atoms with Crippen LogP contribution in [0, 0.1) is 13.8 Å². The molecule has 0 atom stereocenters. The first-order valence-corrected chi connectivity index (χ1v) is 10.5. The van der Waals surface area contributed by atoms with Gasteiger partial charge in [0, 0.05) is 29.6 Å². The van der Waals surface area contributed by atoms with Crippen LogP contribution in [-0.2, 0) is 10.5 Å². The van der Waals surface area contributed by atoms with E-state index in [9.17, 15) is 4.79 Å². The quantitative estimate of drug-likeness (QED) is 0.663. The number of aromatic nitrogens is 1. The predicted molar refractivity (Wildman–Crippen MR) is 122 cm³/mol. The molecule has 1 aromatic heterocycles. The number of hydrogen-bond acceptors (Lipinski definition) is 4. The third-order valence-corrected chi connectivity index (χ3v) is 6.05. The Hall–Kier alpha value is -3.05. The van der Waals surface area contributed by atoms with Gasteiger partial charge >= 0.3 is 0 Å². The summed E-state index contributed by atoms with van der Waals surface area (Å²) in [6.45, 7) is 4.88. The standard InChI is InChI=1S/C24H23N3OS/c1-16-10-17(2)12-20(11-16)27-9-5-7-21(23(25)28)24(27)29-15-18-13-19-6-3-4-8-22(19)26-14-18/h3-8,10-14H,9,15H2,1-2H3,(H2,25,28). The molecule has 2 aromatic carbocycles. The topological polar surface area (TPSA) is 59.2 Å². The maximum absolute atomic E-state index is 12.1. The number of nitrogens with zero attached hydrogens (tertiary/aromatic N) is 2. The van der Waals surface area contributed by atoms with Crippen molar-refractivity contribution in [2.45, 2.75) is 19.6 Å². The predicted octanol–water partition coefficient (Wildman–Crippen LogP) is 4.86. The van der Waals surface area contributed by atoms with E-state index in [1.165, 1.54) is 11.1 Å². The van der Waals surface area contributed by atoms with Gasteiger partial charge in [-0.2, -0.15) is 0 Å². The summed E-state index contributed by atoms with van der Waals surface area (Å²) in [4.78, 5) is 18.8. The summed E-state index contributed by atoms with van der Waals surface area (Å²) in [5.74, 6) is 0.300. The number of rotatable bonds is 5. The van der Waals surface area contributed by atoms with Crippen molar-refractivity contribution in [1.82, 2.24) is 4.98 Å². The van der Waals surface area contributed by atoms with Gasteiger partial charge in [0.15, 0.2) is 0 Å². The minimum Gasteiger partial charge on any atom is -0.366 e. The molecule has 3 aromatic rings. The fourth-order valence-corrected chi connectivity index (χ4v) is 4.72. The summed E-state index contributed by atoms with van der Waals surface area (Å²) in [7, 11) is 0. The van der Waals surface area contributed by atoms with Crippen LogP contribution >= 0.6 is 11.8 Å². The van der Waals surface area contributed by atoms with Gasteiger partial charge in [-0.3, -0.25) is 9.78 Å². The van der Waals surface area contributed by atoms with E-state index in [1.54, 1.807) is 11.8 Å². The number of benzene rings is 2. The number of para-hydroxylation sites is 1. The lowest BCUT2D eigenvalue weighted by Gasteiger charge is -2.30. The molecule has 29 heavy (non-hydrogen) atoms. The lowest BCUT2D eigenvalue weighted by Crippen LogP contribution is -2.29. The van der Waals surface area contributed by atoms with E-state index in [2.05, 4.69) is 54.1 Å². The number of aryl methyl sites for hydroxylation is 2. The Bertz CT molecular complexity index is 1130. The molecular formula is C24H23N3OS. The molecule has 5 heteroatoms. The Morgan fingerprint density at radius 3 is 2.66 bits per heavy atom. The second-order valence-electron chi connectivity index (χ2n) is 7.27. The minimum absolute atomic E-state index is 0.408. The van der Waals surface area contributed by atoms with Crippen LogP contribution in [0.5, 0.6) is 0 Å². The number of anilines is 1. The smallest absolute Gasteiger partial charge is 0.251 e. The molecule has 0 radical (unpaired) electrons. The van der Waals surface area contributed by atoms with Crippen LogP contribution in [0.2, 0.25) is 0 Å². The average molecular weight is 402 g/mol. The molecule has 0 spiro atoms. The fraction of sp³-hybridized carbons (Fsp3) is 0.167. The number of pyridine rings is 1. The normalized spacial score (nSPS) is 13.9. The molecule has 0 fully saturated rings. The summed E-state index contributed by atoms with van der Waals surface area (Å²) in [5.41, 5.74) is 11.8. The van der Waals surface area contributed by atoms with Gasteiger partial charge in [0.05, 0.1) is 16.1 Å². The Balaban J connectivity index is 1.67. The van der Waals surface area contributed by atoms with Crippen molar-refractivity contribution in [3.8, 4) is 0 Å². The molecule has 146 valence electrons. The lowest BCUT2D eigenvalue weighted by molar-refractivity contribution is -0.114. The second-order valence-corrected chi connectivity index (χ2v) is 8.23. The monoisotopic (exact) mass is 401 g/mol. The van der Waals surface area contributed by atoms with E-state index in [1.807, 2.05) is 36.5 Å². The molecule has 4 nitrogen and oxygen atoms in total. The zero-order valence-corrected chi connectivity index (χ0v) is 17.4.